The van der Waals surface area contributed by atoms with Crippen LogP contribution in [0.2, 0.25) is 0 Å². The fourth-order valence-corrected chi connectivity index (χ4v) is 1.80. The molecule has 2 atom stereocenters. The molecule has 0 spiro atoms. The third-order valence-corrected chi connectivity index (χ3v) is 2.91. The number of aliphatic hydroxyl groups is 1. The molecule has 0 radical (unpaired) electrons. The lowest BCUT2D eigenvalue weighted by molar-refractivity contribution is 0.121. The quantitative estimate of drug-likeness (QED) is 0.885. The van der Waals surface area contributed by atoms with Crippen molar-refractivity contribution in [2.75, 3.05) is 0 Å². The van der Waals surface area contributed by atoms with Gasteiger partial charge in [0.25, 0.3) is 0 Å². The van der Waals surface area contributed by atoms with Crippen LogP contribution < -0.4 is 5.73 Å². The third kappa shape index (κ3) is 3.93. The molecule has 1 aromatic rings. The Labute approximate surface area is 99.6 Å². The van der Waals surface area contributed by atoms with Gasteiger partial charge in [-0.05, 0) is 30.0 Å². The standard InChI is InChI=1S/C12H18BrNO/c1-8(2)7-11(15)12(14)9-3-5-10(13)6-4-9/h3-6,8,11-12,15H,7,14H2,1-2H3/t11-,12+/m1/s1. The smallest absolute Gasteiger partial charge is 0.0735 e. The van der Waals surface area contributed by atoms with Gasteiger partial charge in [0.2, 0.25) is 0 Å². The minimum absolute atomic E-state index is 0.291. The zero-order valence-electron chi connectivity index (χ0n) is 9.15. The van der Waals surface area contributed by atoms with Crippen LogP contribution in [0.25, 0.3) is 0 Å². The maximum atomic E-state index is 9.87. The molecule has 1 rings (SSSR count). The second-order valence-corrected chi connectivity index (χ2v) is 5.19. The molecule has 3 heteroatoms. The first-order valence-electron chi connectivity index (χ1n) is 5.20. The lowest BCUT2D eigenvalue weighted by Gasteiger charge is -2.20. The van der Waals surface area contributed by atoms with E-state index in [1.54, 1.807) is 0 Å². The lowest BCUT2D eigenvalue weighted by atomic mass is 9.95. The Morgan fingerprint density at radius 3 is 2.27 bits per heavy atom. The van der Waals surface area contributed by atoms with Gasteiger partial charge in [-0.15, -0.1) is 0 Å². The molecule has 0 amide bonds. The number of aliphatic hydroxyl groups excluding tert-OH is 1. The molecule has 0 bridgehead atoms. The van der Waals surface area contributed by atoms with E-state index >= 15 is 0 Å². The monoisotopic (exact) mass is 271 g/mol. The Morgan fingerprint density at radius 2 is 1.80 bits per heavy atom. The van der Waals surface area contributed by atoms with Crippen molar-refractivity contribution in [3.63, 3.8) is 0 Å². The second kappa shape index (κ2) is 5.64. The number of halogens is 1. The average molecular weight is 272 g/mol. The van der Waals surface area contributed by atoms with Crippen LogP contribution in [0.1, 0.15) is 31.9 Å². The first-order valence-corrected chi connectivity index (χ1v) is 5.99. The van der Waals surface area contributed by atoms with Gasteiger partial charge >= 0.3 is 0 Å². The molecule has 2 nitrogen and oxygen atoms in total. The van der Waals surface area contributed by atoms with Gasteiger partial charge in [0.15, 0.2) is 0 Å². The van der Waals surface area contributed by atoms with Gasteiger partial charge < -0.3 is 10.8 Å². The van der Waals surface area contributed by atoms with Crippen molar-refractivity contribution in [3.8, 4) is 0 Å². The molecule has 0 aliphatic heterocycles. The maximum Gasteiger partial charge on any atom is 0.0735 e. The van der Waals surface area contributed by atoms with E-state index in [-0.39, 0.29) is 6.04 Å². The Balaban J connectivity index is 2.67. The molecule has 0 unspecified atom stereocenters. The summed E-state index contributed by atoms with van der Waals surface area (Å²) in [4.78, 5) is 0. The average Bonchev–Trinajstić information content (AvgIpc) is 2.17. The van der Waals surface area contributed by atoms with Gasteiger partial charge in [0.05, 0.1) is 12.1 Å². The largest absolute Gasteiger partial charge is 0.391 e. The van der Waals surface area contributed by atoms with Crippen molar-refractivity contribution >= 4 is 15.9 Å². The van der Waals surface area contributed by atoms with Crippen LogP contribution in [0.15, 0.2) is 28.7 Å². The first kappa shape index (κ1) is 12.7. The molecule has 0 aromatic heterocycles. The number of hydrogen-bond acceptors (Lipinski definition) is 2. The first-order chi connectivity index (χ1) is 7.00. The van der Waals surface area contributed by atoms with Crippen LogP contribution in [0.4, 0.5) is 0 Å². The topological polar surface area (TPSA) is 46.2 Å². The Morgan fingerprint density at radius 1 is 1.27 bits per heavy atom. The van der Waals surface area contributed by atoms with Crippen molar-refractivity contribution in [1.29, 1.82) is 0 Å². The van der Waals surface area contributed by atoms with Crippen LogP contribution >= 0.6 is 15.9 Å². The summed E-state index contributed by atoms with van der Waals surface area (Å²) < 4.78 is 1.02. The molecular formula is C12H18BrNO. The van der Waals surface area contributed by atoms with E-state index in [4.69, 9.17) is 5.73 Å². The number of hydrogen-bond donors (Lipinski definition) is 2. The van der Waals surface area contributed by atoms with E-state index < -0.39 is 6.10 Å². The highest BCUT2D eigenvalue weighted by molar-refractivity contribution is 9.10. The summed E-state index contributed by atoms with van der Waals surface area (Å²) in [5.41, 5.74) is 6.95. The fraction of sp³-hybridized carbons (Fsp3) is 0.500. The molecule has 15 heavy (non-hydrogen) atoms. The summed E-state index contributed by atoms with van der Waals surface area (Å²) in [5.74, 6) is 0.460. The highest BCUT2D eigenvalue weighted by Crippen LogP contribution is 2.21. The zero-order chi connectivity index (χ0) is 11.4. The fourth-order valence-electron chi connectivity index (χ4n) is 1.54. The predicted molar refractivity (Wildman–Crippen MR) is 66.5 cm³/mol. The van der Waals surface area contributed by atoms with E-state index in [9.17, 15) is 5.11 Å². The molecule has 0 aliphatic carbocycles. The van der Waals surface area contributed by atoms with Crippen LogP contribution in [0.3, 0.4) is 0 Å². The van der Waals surface area contributed by atoms with Gasteiger partial charge in [-0.2, -0.15) is 0 Å². The molecule has 3 N–H and O–H groups in total. The second-order valence-electron chi connectivity index (χ2n) is 4.27. The SMILES string of the molecule is CC(C)C[C@@H](O)[C@@H](N)c1ccc(Br)cc1. The van der Waals surface area contributed by atoms with Crippen molar-refractivity contribution < 1.29 is 5.11 Å². The van der Waals surface area contributed by atoms with E-state index in [0.29, 0.717) is 5.92 Å². The van der Waals surface area contributed by atoms with Crippen molar-refractivity contribution in [2.45, 2.75) is 32.4 Å². The van der Waals surface area contributed by atoms with Gasteiger partial charge in [-0.3, -0.25) is 0 Å². The van der Waals surface area contributed by atoms with Crippen molar-refractivity contribution in [1.82, 2.24) is 0 Å². The molecule has 1 aromatic carbocycles. The Hall–Kier alpha value is -0.380. The molecule has 0 saturated carbocycles. The van der Waals surface area contributed by atoms with E-state index in [2.05, 4.69) is 29.8 Å². The van der Waals surface area contributed by atoms with Crippen LogP contribution in [0, 0.1) is 5.92 Å². The van der Waals surface area contributed by atoms with Crippen molar-refractivity contribution in [2.24, 2.45) is 11.7 Å². The highest BCUT2D eigenvalue weighted by atomic mass is 79.9. The third-order valence-electron chi connectivity index (χ3n) is 2.38. The highest BCUT2D eigenvalue weighted by Gasteiger charge is 2.17. The minimum atomic E-state index is -0.467. The van der Waals surface area contributed by atoms with Gasteiger partial charge in [-0.25, -0.2) is 0 Å². The summed E-state index contributed by atoms with van der Waals surface area (Å²) in [7, 11) is 0. The summed E-state index contributed by atoms with van der Waals surface area (Å²) in [5, 5.41) is 9.87. The van der Waals surface area contributed by atoms with Gasteiger partial charge in [0, 0.05) is 4.47 Å². The number of benzene rings is 1. The summed E-state index contributed by atoms with van der Waals surface area (Å²) in [6.07, 6.45) is 0.267. The molecule has 0 saturated heterocycles. The number of nitrogens with two attached hydrogens (primary N) is 1. The maximum absolute atomic E-state index is 9.87. The molecule has 0 aliphatic rings. The van der Waals surface area contributed by atoms with E-state index in [1.165, 1.54) is 0 Å². The van der Waals surface area contributed by atoms with Crippen LogP contribution in [0.5, 0.6) is 0 Å². The molecular weight excluding hydrogens is 254 g/mol. The van der Waals surface area contributed by atoms with Crippen molar-refractivity contribution in [3.05, 3.63) is 34.3 Å². The van der Waals surface area contributed by atoms with Gasteiger partial charge in [-0.1, -0.05) is 41.9 Å². The number of rotatable bonds is 4. The predicted octanol–water partition coefficient (Wildman–Crippen LogP) is 2.86. The Kier molecular flexibility index (Phi) is 4.77. The summed E-state index contributed by atoms with van der Waals surface area (Å²) >= 11 is 3.37. The van der Waals surface area contributed by atoms with Crippen LogP contribution in [-0.2, 0) is 0 Å². The minimum Gasteiger partial charge on any atom is -0.391 e. The van der Waals surface area contributed by atoms with Crippen LogP contribution in [-0.4, -0.2) is 11.2 Å². The normalized spacial score (nSPS) is 15.3. The molecule has 84 valence electrons. The van der Waals surface area contributed by atoms with E-state index in [1.807, 2.05) is 24.3 Å². The van der Waals surface area contributed by atoms with Gasteiger partial charge in [0.1, 0.15) is 0 Å². The molecule has 0 heterocycles. The Bertz CT molecular complexity index is 297. The summed E-state index contributed by atoms with van der Waals surface area (Å²) in [6.45, 7) is 4.16. The zero-order valence-corrected chi connectivity index (χ0v) is 10.7. The lowest BCUT2D eigenvalue weighted by Crippen LogP contribution is -2.27. The van der Waals surface area contributed by atoms with E-state index in [0.717, 1.165) is 16.5 Å². The molecule has 0 fully saturated rings. The summed E-state index contributed by atoms with van der Waals surface area (Å²) in [6, 6.07) is 7.48.